The normalized spacial score (nSPS) is 11.4. The molecule has 0 radical (unpaired) electrons. The van der Waals surface area contributed by atoms with Gasteiger partial charge in [0.15, 0.2) is 0 Å². The van der Waals surface area contributed by atoms with Gasteiger partial charge in [0.2, 0.25) is 5.91 Å². The van der Waals surface area contributed by atoms with E-state index < -0.39 is 27.7 Å². The highest BCUT2D eigenvalue weighted by Crippen LogP contribution is 2.15. The number of amides is 2. The number of nitrogens with zero attached hydrogens (tertiary/aromatic N) is 2. The summed E-state index contributed by atoms with van der Waals surface area (Å²) in [5, 5.41) is 23.8. The van der Waals surface area contributed by atoms with Crippen LogP contribution in [0.4, 0.5) is 11.4 Å². The van der Waals surface area contributed by atoms with E-state index in [1.807, 2.05) is 0 Å². The van der Waals surface area contributed by atoms with Gasteiger partial charge in [-0.15, -0.1) is 0 Å². The van der Waals surface area contributed by atoms with Gasteiger partial charge in [-0.2, -0.15) is 0 Å². The first-order valence-electron chi connectivity index (χ1n) is 7.36. The number of nitrogens with one attached hydrogen (secondary N) is 1. The van der Waals surface area contributed by atoms with Gasteiger partial charge in [-0.05, 0) is 11.6 Å². The van der Waals surface area contributed by atoms with Crippen molar-refractivity contribution in [2.45, 2.75) is 12.5 Å². The Labute approximate surface area is 146 Å². The summed E-state index contributed by atoms with van der Waals surface area (Å²) in [5.74, 6) is -1.50. The van der Waals surface area contributed by atoms with Gasteiger partial charge in [-0.3, -0.25) is 29.8 Å². The number of benzene rings is 2. The van der Waals surface area contributed by atoms with Crippen molar-refractivity contribution in [2.75, 3.05) is 0 Å². The zero-order valence-corrected chi connectivity index (χ0v) is 13.3. The number of carbonyl (C=O) groups is 2. The number of hydrogen-bond acceptors (Lipinski definition) is 6. The molecule has 0 saturated carbocycles. The second kappa shape index (κ2) is 7.83. The third kappa shape index (κ3) is 4.60. The molecule has 2 aromatic rings. The van der Waals surface area contributed by atoms with Gasteiger partial charge in [0.25, 0.3) is 17.3 Å². The lowest BCUT2D eigenvalue weighted by Gasteiger charge is -2.15. The fraction of sp³-hybridized carbons (Fsp3) is 0.125. The molecule has 0 unspecified atom stereocenters. The van der Waals surface area contributed by atoms with Crippen molar-refractivity contribution in [1.29, 1.82) is 0 Å². The maximum absolute atomic E-state index is 12.2. The molecule has 0 heterocycles. The van der Waals surface area contributed by atoms with E-state index in [4.69, 9.17) is 5.73 Å². The third-order valence-corrected chi connectivity index (χ3v) is 3.55. The Hall–Kier alpha value is -3.82. The van der Waals surface area contributed by atoms with Gasteiger partial charge in [0, 0.05) is 36.2 Å². The lowest BCUT2D eigenvalue weighted by molar-refractivity contribution is -0.385. The maximum atomic E-state index is 12.2. The molecule has 3 N–H and O–H groups in total. The van der Waals surface area contributed by atoms with Crippen molar-refractivity contribution in [1.82, 2.24) is 5.32 Å². The van der Waals surface area contributed by atoms with Crippen LogP contribution in [0.15, 0.2) is 48.5 Å². The Morgan fingerprint density at radius 3 is 2.15 bits per heavy atom. The summed E-state index contributed by atoms with van der Waals surface area (Å²) in [7, 11) is 0. The molecule has 0 aliphatic heterocycles. The van der Waals surface area contributed by atoms with Crippen molar-refractivity contribution in [3.05, 3.63) is 79.9 Å². The Morgan fingerprint density at radius 2 is 1.62 bits per heavy atom. The number of carbonyl (C=O) groups excluding carboxylic acids is 2. The predicted molar refractivity (Wildman–Crippen MR) is 90.3 cm³/mol. The summed E-state index contributed by atoms with van der Waals surface area (Å²) in [6, 6.07) is 9.41. The van der Waals surface area contributed by atoms with Gasteiger partial charge in [0.05, 0.1) is 9.85 Å². The zero-order valence-electron chi connectivity index (χ0n) is 13.3. The largest absolute Gasteiger partial charge is 0.368 e. The van der Waals surface area contributed by atoms with Crippen LogP contribution >= 0.6 is 0 Å². The minimum Gasteiger partial charge on any atom is -0.368 e. The SMILES string of the molecule is NC(=O)[C@H](Cc1ccc([N+](=O)[O-])cc1)NC(=O)c1cccc([N+](=O)[O-])c1. The molecule has 1 atom stereocenters. The Bertz CT molecular complexity index is 865. The monoisotopic (exact) mass is 358 g/mol. The van der Waals surface area contributed by atoms with E-state index >= 15 is 0 Å². The van der Waals surface area contributed by atoms with E-state index in [9.17, 15) is 29.8 Å². The molecule has 0 fully saturated rings. The number of nitro groups is 2. The smallest absolute Gasteiger partial charge is 0.270 e. The molecule has 10 heteroatoms. The lowest BCUT2D eigenvalue weighted by atomic mass is 10.0. The fourth-order valence-electron chi connectivity index (χ4n) is 2.21. The summed E-state index contributed by atoms with van der Waals surface area (Å²) in [4.78, 5) is 44.1. The summed E-state index contributed by atoms with van der Waals surface area (Å²) in [6.07, 6.45) is 0.0218. The maximum Gasteiger partial charge on any atom is 0.270 e. The number of non-ortho nitro benzene ring substituents is 2. The van der Waals surface area contributed by atoms with Crippen molar-refractivity contribution in [3.63, 3.8) is 0 Å². The van der Waals surface area contributed by atoms with Crippen LogP contribution in [0.1, 0.15) is 15.9 Å². The highest BCUT2D eigenvalue weighted by molar-refractivity contribution is 5.97. The Kier molecular flexibility index (Phi) is 5.58. The molecule has 2 amide bonds. The van der Waals surface area contributed by atoms with E-state index in [2.05, 4.69) is 5.32 Å². The Morgan fingerprint density at radius 1 is 1.00 bits per heavy atom. The summed E-state index contributed by atoms with van der Waals surface area (Å²) < 4.78 is 0. The van der Waals surface area contributed by atoms with Gasteiger partial charge < -0.3 is 11.1 Å². The number of nitrogens with two attached hydrogens (primary N) is 1. The molecule has 134 valence electrons. The minimum absolute atomic E-state index is 0.00847. The standard InChI is InChI=1S/C16H14N4O6/c17-15(21)14(8-10-4-6-12(7-5-10)19(23)24)18-16(22)11-2-1-3-13(9-11)20(25)26/h1-7,9,14H,8H2,(H2,17,21)(H,18,22)/t14-/m0/s1. The van der Waals surface area contributed by atoms with Gasteiger partial charge in [-0.1, -0.05) is 18.2 Å². The lowest BCUT2D eigenvalue weighted by Crippen LogP contribution is -2.45. The molecule has 0 aliphatic rings. The summed E-state index contributed by atoms with van der Waals surface area (Å²) in [5.41, 5.74) is 5.49. The van der Waals surface area contributed by atoms with Crippen molar-refractivity contribution < 1.29 is 19.4 Å². The first-order valence-corrected chi connectivity index (χ1v) is 7.36. The van der Waals surface area contributed by atoms with E-state index in [0.717, 1.165) is 6.07 Å². The third-order valence-electron chi connectivity index (χ3n) is 3.55. The molecule has 0 aliphatic carbocycles. The average molecular weight is 358 g/mol. The summed E-state index contributed by atoms with van der Waals surface area (Å²) in [6.45, 7) is 0. The molecule has 2 rings (SSSR count). The second-order valence-electron chi connectivity index (χ2n) is 5.36. The first kappa shape index (κ1) is 18.5. The zero-order chi connectivity index (χ0) is 19.3. The molecule has 2 aromatic carbocycles. The highest BCUT2D eigenvalue weighted by Gasteiger charge is 2.21. The van der Waals surface area contributed by atoms with E-state index in [0.29, 0.717) is 5.56 Å². The molecular formula is C16H14N4O6. The van der Waals surface area contributed by atoms with Crippen LogP contribution in [0.3, 0.4) is 0 Å². The fourth-order valence-corrected chi connectivity index (χ4v) is 2.21. The van der Waals surface area contributed by atoms with E-state index in [1.165, 1.54) is 42.5 Å². The van der Waals surface area contributed by atoms with Gasteiger partial charge in [-0.25, -0.2) is 0 Å². The predicted octanol–water partition coefficient (Wildman–Crippen LogP) is 1.33. The van der Waals surface area contributed by atoms with Crippen LogP contribution in [0.2, 0.25) is 0 Å². The summed E-state index contributed by atoms with van der Waals surface area (Å²) >= 11 is 0. The molecule has 26 heavy (non-hydrogen) atoms. The molecule has 0 spiro atoms. The Balaban J connectivity index is 2.13. The molecule has 0 saturated heterocycles. The van der Waals surface area contributed by atoms with Crippen LogP contribution in [0.25, 0.3) is 0 Å². The van der Waals surface area contributed by atoms with Crippen LogP contribution in [-0.4, -0.2) is 27.7 Å². The van der Waals surface area contributed by atoms with E-state index in [1.54, 1.807) is 0 Å². The van der Waals surface area contributed by atoms with Crippen molar-refractivity contribution in [3.8, 4) is 0 Å². The molecule has 0 aromatic heterocycles. The van der Waals surface area contributed by atoms with Gasteiger partial charge >= 0.3 is 0 Å². The number of hydrogen-bond donors (Lipinski definition) is 2. The van der Waals surface area contributed by atoms with Crippen LogP contribution in [0, 0.1) is 20.2 Å². The minimum atomic E-state index is -1.08. The van der Waals surface area contributed by atoms with Crippen LogP contribution in [-0.2, 0) is 11.2 Å². The topological polar surface area (TPSA) is 158 Å². The molecule has 0 bridgehead atoms. The average Bonchev–Trinajstić information content (AvgIpc) is 2.61. The number of nitro benzene ring substituents is 2. The number of primary amides is 1. The van der Waals surface area contributed by atoms with Crippen LogP contribution in [0.5, 0.6) is 0 Å². The van der Waals surface area contributed by atoms with Gasteiger partial charge in [0.1, 0.15) is 6.04 Å². The van der Waals surface area contributed by atoms with Crippen LogP contribution < -0.4 is 11.1 Å². The van der Waals surface area contributed by atoms with Crippen molar-refractivity contribution >= 4 is 23.2 Å². The number of rotatable bonds is 7. The molecular weight excluding hydrogens is 344 g/mol. The second-order valence-corrected chi connectivity index (χ2v) is 5.36. The molecule has 10 nitrogen and oxygen atoms in total. The van der Waals surface area contributed by atoms with Crippen molar-refractivity contribution in [2.24, 2.45) is 5.73 Å². The van der Waals surface area contributed by atoms with E-state index in [-0.39, 0.29) is 23.4 Å². The highest BCUT2D eigenvalue weighted by atomic mass is 16.6. The quantitative estimate of drug-likeness (QED) is 0.561. The first-order chi connectivity index (χ1) is 12.3.